The molecule has 210 valence electrons. The number of nitrogens with one attached hydrogen (secondary N) is 1. The van der Waals surface area contributed by atoms with E-state index in [1.807, 2.05) is 0 Å². The molecule has 0 radical (unpaired) electrons. The summed E-state index contributed by atoms with van der Waals surface area (Å²) in [6.07, 6.45) is 12.8. The smallest absolute Gasteiger partial charge is 0.228 e. The number of para-hydroxylation sites is 1. The Bertz CT molecular complexity index is 1410. The summed E-state index contributed by atoms with van der Waals surface area (Å²) in [5, 5.41) is 1.37. The molecule has 1 heterocycles. The first kappa shape index (κ1) is 26.4. The van der Waals surface area contributed by atoms with E-state index in [1.165, 1.54) is 35.9 Å². The minimum atomic E-state index is -0.349. The van der Waals surface area contributed by atoms with E-state index >= 15 is 0 Å². The summed E-state index contributed by atoms with van der Waals surface area (Å²) >= 11 is 6.52. The number of rotatable bonds is 1. The van der Waals surface area contributed by atoms with Crippen molar-refractivity contribution >= 4 is 27.7 Å². The van der Waals surface area contributed by atoms with Crippen LogP contribution in [-0.2, 0) is 16.6 Å². The largest absolute Gasteiger partial charge is 0.358 e. The monoisotopic (exact) mass is 545 g/mol. The fourth-order valence-corrected chi connectivity index (χ4v) is 12.2. The molecule has 1 N–H and O–H groups in total. The fraction of sp³-hybridized carbons (Fsp3) is 0.694. The lowest BCUT2D eigenvalue weighted by molar-refractivity contribution is -0.163. The van der Waals surface area contributed by atoms with E-state index in [9.17, 15) is 4.79 Å². The predicted octanol–water partition coefficient (Wildman–Crippen LogP) is 9.75. The third-order valence-electron chi connectivity index (χ3n) is 14.2. The summed E-state index contributed by atoms with van der Waals surface area (Å²) in [6, 6.07) is 8.96. The van der Waals surface area contributed by atoms with Gasteiger partial charge >= 0.3 is 0 Å². The molecule has 0 saturated heterocycles. The van der Waals surface area contributed by atoms with Crippen LogP contribution in [0.5, 0.6) is 0 Å². The average molecular weight is 546 g/mol. The second kappa shape index (κ2) is 7.84. The van der Waals surface area contributed by atoms with Crippen molar-refractivity contribution in [3.63, 3.8) is 0 Å². The molecule has 1 aromatic heterocycles. The third-order valence-corrected chi connectivity index (χ3v) is 14.6. The molecule has 2 nitrogen and oxygen atoms in total. The average Bonchev–Trinajstić information content (AvgIpc) is 3.23. The van der Waals surface area contributed by atoms with Gasteiger partial charge in [-0.25, -0.2) is 0 Å². The number of aromatic nitrogens is 1. The second-order valence-electron chi connectivity index (χ2n) is 16.6. The van der Waals surface area contributed by atoms with E-state index in [2.05, 4.69) is 83.8 Å². The number of allylic oxidation sites excluding steroid dienone is 2. The van der Waals surface area contributed by atoms with Crippen LogP contribution in [0.4, 0.5) is 0 Å². The summed E-state index contributed by atoms with van der Waals surface area (Å²) < 4.78 is 0. The van der Waals surface area contributed by atoms with Gasteiger partial charge in [0.1, 0.15) is 0 Å². The highest BCUT2D eigenvalue weighted by Crippen LogP contribution is 2.75. The molecule has 2 aromatic rings. The molecule has 0 amide bonds. The number of halogens is 1. The van der Waals surface area contributed by atoms with Crippen molar-refractivity contribution in [3.8, 4) is 0 Å². The van der Waals surface area contributed by atoms with Crippen LogP contribution in [0.1, 0.15) is 111 Å². The highest BCUT2D eigenvalue weighted by molar-refractivity contribution is 6.64. The topological polar surface area (TPSA) is 32.9 Å². The lowest BCUT2D eigenvalue weighted by atomic mass is 9.33. The first-order valence-corrected chi connectivity index (χ1v) is 16.1. The Morgan fingerprint density at radius 1 is 0.923 bits per heavy atom. The number of fused-ring (bicyclic) bond motifs is 10. The van der Waals surface area contributed by atoms with Crippen LogP contribution in [-0.4, -0.2) is 10.2 Å². The fourth-order valence-electron chi connectivity index (χ4n) is 11.9. The zero-order valence-electron chi connectivity index (χ0n) is 25.3. The van der Waals surface area contributed by atoms with E-state index in [-0.39, 0.29) is 37.7 Å². The number of hydrogen-bond acceptors (Lipinski definition) is 1. The molecular formula is C36H48ClNO. The Labute approximate surface area is 240 Å². The van der Waals surface area contributed by atoms with E-state index in [0.717, 1.165) is 38.5 Å². The Hall–Kier alpha value is -1.54. The van der Waals surface area contributed by atoms with Crippen molar-refractivity contribution in [1.29, 1.82) is 0 Å². The van der Waals surface area contributed by atoms with Crippen molar-refractivity contribution in [1.82, 2.24) is 4.98 Å². The molecule has 3 heteroatoms. The van der Waals surface area contributed by atoms with Crippen LogP contribution >= 0.6 is 11.6 Å². The van der Waals surface area contributed by atoms with Crippen molar-refractivity contribution < 1.29 is 4.79 Å². The van der Waals surface area contributed by atoms with Gasteiger partial charge in [-0.15, -0.1) is 0 Å². The summed E-state index contributed by atoms with van der Waals surface area (Å²) in [5.41, 5.74) is 6.59. The van der Waals surface area contributed by atoms with Crippen LogP contribution in [0.3, 0.4) is 0 Å². The van der Waals surface area contributed by atoms with Gasteiger partial charge in [-0.1, -0.05) is 78.3 Å². The third kappa shape index (κ3) is 3.14. The molecule has 5 aliphatic rings. The molecule has 3 saturated carbocycles. The van der Waals surface area contributed by atoms with Gasteiger partial charge in [-0.2, -0.15) is 0 Å². The number of hydrogen-bond donors (Lipinski definition) is 1. The molecule has 0 unspecified atom stereocenters. The maximum absolute atomic E-state index is 13.2. The van der Waals surface area contributed by atoms with Crippen LogP contribution in [0.15, 0.2) is 35.9 Å². The second-order valence-corrected chi connectivity index (χ2v) is 16.9. The standard InChI is InChI=1S/C36H48ClNO/c1-31(2)16-18-36(30(37)39)19-17-34(6)24(25(36)21-31)12-13-28-33(5)20-23-22-10-8-9-11-26(22)38-29(23)32(3,4)27(33)14-15-35(28,34)7/h8-12,25,27-28,38H,13-21H2,1-7H3/t25-,27-,28+,33-,34+,35+,36-/m0/s1. The molecule has 1 aromatic carbocycles. The summed E-state index contributed by atoms with van der Waals surface area (Å²) in [4.78, 5) is 17.0. The predicted molar refractivity (Wildman–Crippen MR) is 162 cm³/mol. The zero-order chi connectivity index (χ0) is 27.8. The quantitative estimate of drug-likeness (QED) is 0.280. The highest BCUT2D eigenvalue weighted by atomic mass is 35.5. The summed E-state index contributed by atoms with van der Waals surface area (Å²) in [5.74, 6) is 1.59. The lowest BCUT2D eigenvalue weighted by Gasteiger charge is -2.70. The Balaban J connectivity index is 1.36. The van der Waals surface area contributed by atoms with E-state index in [0.29, 0.717) is 17.8 Å². The Kier molecular flexibility index (Phi) is 5.30. The van der Waals surface area contributed by atoms with Crippen molar-refractivity contribution in [2.45, 2.75) is 112 Å². The SMILES string of the molecule is CC1(C)CC[C@]2(C(=O)Cl)CC[C@]3(C)C(=CC[C@@H]4[C@@]5(C)Cc6c([nH]c7ccccc67)C(C)(C)[C@@H]5CC[C@]43C)[C@@H]2C1. The normalized spacial score (nSPS) is 43.8. The van der Waals surface area contributed by atoms with Gasteiger partial charge in [-0.05, 0) is 120 Å². The molecule has 0 spiro atoms. The van der Waals surface area contributed by atoms with Gasteiger partial charge in [0.25, 0.3) is 0 Å². The van der Waals surface area contributed by atoms with Crippen molar-refractivity contribution in [2.75, 3.05) is 0 Å². The first-order chi connectivity index (χ1) is 18.2. The highest BCUT2D eigenvalue weighted by Gasteiger charge is 2.69. The molecule has 0 bridgehead atoms. The first-order valence-electron chi connectivity index (χ1n) is 15.7. The molecule has 5 aliphatic carbocycles. The maximum Gasteiger partial charge on any atom is 0.228 e. The molecule has 39 heavy (non-hydrogen) atoms. The molecule has 7 atom stereocenters. The number of carbonyl (C=O) groups excluding carboxylic acids is 1. The van der Waals surface area contributed by atoms with Gasteiger partial charge in [0.2, 0.25) is 5.24 Å². The van der Waals surface area contributed by atoms with E-state index in [1.54, 1.807) is 11.1 Å². The van der Waals surface area contributed by atoms with E-state index in [4.69, 9.17) is 11.6 Å². The van der Waals surface area contributed by atoms with Gasteiger partial charge in [0, 0.05) is 22.0 Å². The van der Waals surface area contributed by atoms with Gasteiger partial charge in [0.15, 0.2) is 0 Å². The lowest BCUT2D eigenvalue weighted by Crippen LogP contribution is -2.64. The van der Waals surface area contributed by atoms with Crippen molar-refractivity contribution in [3.05, 3.63) is 47.2 Å². The number of aromatic amines is 1. The number of H-pyrrole nitrogens is 1. The van der Waals surface area contributed by atoms with Gasteiger partial charge in [-0.3, -0.25) is 4.79 Å². The summed E-state index contributed by atoms with van der Waals surface area (Å²) in [6.45, 7) is 17.8. The minimum Gasteiger partial charge on any atom is -0.358 e. The molecule has 3 fully saturated rings. The number of benzene rings is 1. The van der Waals surface area contributed by atoms with E-state index < -0.39 is 0 Å². The molecule has 7 rings (SSSR count). The van der Waals surface area contributed by atoms with Crippen LogP contribution < -0.4 is 0 Å². The maximum atomic E-state index is 13.2. The van der Waals surface area contributed by atoms with Crippen LogP contribution in [0, 0.1) is 44.8 Å². The van der Waals surface area contributed by atoms with Gasteiger partial charge < -0.3 is 4.98 Å². The Morgan fingerprint density at radius 3 is 2.38 bits per heavy atom. The minimum absolute atomic E-state index is 0.0604. The zero-order valence-corrected chi connectivity index (χ0v) is 26.0. The number of carbonyl (C=O) groups is 1. The van der Waals surface area contributed by atoms with Gasteiger partial charge in [0.05, 0.1) is 5.41 Å². The van der Waals surface area contributed by atoms with Crippen LogP contribution in [0.2, 0.25) is 0 Å². The van der Waals surface area contributed by atoms with Crippen molar-refractivity contribution in [2.24, 2.45) is 44.8 Å². The summed E-state index contributed by atoms with van der Waals surface area (Å²) in [7, 11) is 0. The Morgan fingerprint density at radius 2 is 1.64 bits per heavy atom. The van der Waals surface area contributed by atoms with Crippen LogP contribution in [0.25, 0.3) is 10.9 Å². The molecule has 0 aliphatic heterocycles. The molecular weight excluding hydrogens is 498 g/mol.